The molecule has 1 unspecified atom stereocenters. The standard InChI is InChI=1S/C16H23N3O3/c1-3-5-12-9-16(21)19(11-17-12)10-15(20)18-13-6-4-7-14(8-13)22-2/h4,6-8,12,17H,3,5,9-11H2,1-2H3,(H,18,20). The Morgan fingerprint density at radius 1 is 1.50 bits per heavy atom. The van der Waals surface area contributed by atoms with Gasteiger partial charge >= 0.3 is 0 Å². The molecule has 0 radical (unpaired) electrons. The predicted octanol–water partition coefficient (Wildman–Crippen LogP) is 1.58. The second-order valence-electron chi connectivity index (χ2n) is 5.42. The van der Waals surface area contributed by atoms with Crippen molar-refractivity contribution in [3.63, 3.8) is 0 Å². The number of benzene rings is 1. The summed E-state index contributed by atoms with van der Waals surface area (Å²) < 4.78 is 5.11. The molecule has 2 rings (SSSR count). The molecule has 120 valence electrons. The fraction of sp³-hybridized carbons (Fsp3) is 0.500. The van der Waals surface area contributed by atoms with Crippen molar-refractivity contribution < 1.29 is 14.3 Å². The topological polar surface area (TPSA) is 70.7 Å². The number of carbonyl (C=O) groups is 2. The van der Waals surface area contributed by atoms with Gasteiger partial charge in [-0.05, 0) is 18.6 Å². The lowest BCUT2D eigenvalue weighted by Gasteiger charge is -2.32. The number of rotatable bonds is 6. The van der Waals surface area contributed by atoms with Gasteiger partial charge < -0.3 is 15.0 Å². The smallest absolute Gasteiger partial charge is 0.244 e. The van der Waals surface area contributed by atoms with Gasteiger partial charge in [0.2, 0.25) is 11.8 Å². The maximum Gasteiger partial charge on any atom is 0.244 e. The molecule has 1 saturated heterocycles. The monoisotopic (exact) mass is 305 g/mol. The highest BCUT2D eigenvalue weighted by atomic mass is 16.5. The van der Waals surface area contributed by atoms with Crippen LogP contribution in [0, 0.1) is 0 Å². The van der Waals surface area contributed by atoms with Gasteiger partial charge in [0.15, 0.2) is 0 Å². The number of carbonyl (C=O) groups excluding carboxylic acids is 2. The Balaban J connectivity index is 1.85. The average Bonchev–Trinajstić information content (AvgIpc) is 2.50. The van der Waals surface area contributed by atoms with E-state index in [-0.39, 0.29) is 24.4 Å². The summed E-state index contributed by atoms with van der Waals surface area (Å²) in [5.74, 6) is 0.492. The third-order valence-corrected chi connectivity index (χ3v) is 3.67. The summed E-state index contributed by atoms with van der Waals surface area (Å²) in [6.45, 7) is 2.58. The van der Waals surface area contributed by atoms with E-state index in [4.69, 9.17) is 4.74 Å². The van der Waals surface area contributed by atoms with Crippen LogP contribution in [0.25, 0.3) is 0 Å². The first-order valence-electron chi connectivity index (χ1n) is 7.57. The molecule has 1 fully saturated rings. The summed E-state index contributed by atoms with van der Waals surface area (Å²) in [6.07, 6.45) is 2.48. The van der Waals surface area contributed by atoms with Crippen molar-refractivity contribution in [3.8, 4) is 5.75 Å². The van der Waals surface area contributed by atoms with Crippen LogP contribution in [-0.4, -0.2) is 43.1 Å². The fourth-order valence-corrected chi connectivity index (χ4v) is 2.51. The molecular formula is C16H23N3O3. The number of amides is 2. The summed E-state index contributed by atoms with van der Waals surface area (Å²) >= 11 is 0. The first kappa shape index (κ1) is 16.3. The summed E-state index contributed by atoms with van der Waals surface area (Å²) in [4.78, 5) is 25.7. The Hall–Kier alpha value is -2.08. The van der Waals surface area contributed by atoms with Crippen LogP contribution in [0.1, 0.15) is 26.2 Å². The van der Waals surface area contributed by atoms with Crippen molar-refractivity contribution in [2.75, 3.05) is 25.6 Å². The molecule has 0 saturated carbocycles. The van der Waals surface area contributed by atoms with E-state index < -0.39 is 0 Å². The molecule has 1 atom stereocenters. The minimum atomic E-state index is -0.211. The van der Waals surface area contributed by atoms with E-state index in [0.29, 0.717) is 24.5 Å². The van der Waals surface area contributed by atoms with Crippen molar-refractivity contribution in [1.82, 2.24) is 10.2 Å². The molecule has 0 aromatic heterocycles. The van der Waals surface area contributed by atoms with E-state index in [1.807, 2.05) is 6.07 Å². The Morgan fingerprint density at radius 2 is 2.32 bits per heavy atom. The van der Waals surface area contributed by atoms with Gasteiger partial charge in [0.25, 0.3) is 0 Å². The zero-order valence-corrected chi connectivity index (χ0v) is 13.1. The largest absolute Gasteiger partial charge is 0.497 e. The van der Waals surface area contributed by atoms with E-state index in [9.17, 15) is 9.59 Å². The quantitative estimate of drug-likeness (QED) is 0.837. The molecule has 6 nitrogen and oxygen atoms in total. The first-order chi connectivity index (χ1) is 10.6. The van der Waals surface area contributed by atoms with E-state index >= 15 is 0 Å². The lowest BCUT2D eigenvalue weighted by Crippen LogP contribution is -2.52. The third-order valence-electron chi connectivity index (χ3n) is 3.67. The molecule has 0 spiro atoms. The lowest BCUT2D eigenvalue weighted by molar-refractivity contribution is -0.138. The van der Waals surface area contributed by atoms with E-state index in [0.717, 1.165) is 12.8 Å². The van der Waals surface area contributed by atoms with Gasteiger partial charge in [0.05, 0.1) is 13.8 Å². The summed E-state index contributed by atoms with van der Waals surface area (Å²) in [5, 5.41) is 6.07. The number of methoxy groups -OCH3 is 1. The lowest BCUT2D eigenvalue weighted by atomic mass is 10.1. The molecule has 1 heterocycles. The number of hydrogen-bond acceptors (Lipinski definition) is 4. The second-order valence-corrected chi connectivity index (χ2v) is 5.42. The highest BCUT2D eigenvalue weighted by Gasteiger charge is 2.25. The molecule has 2 amide bonds. The molecule has 1 aromatic carbocycles. The average molecular weight is 305 g/mol. The molecule has 22 heavy (non-hydrogen) atoms. The highest BCUT2D eigenvalue weighted by molar-refractivity contribution is 5.94. The second kappa shape index (κ2) is 7.79. The van der Waals surface area contributed by atoms with Crippen molar-refractivity contribution in [1.29, 1.82) is 0 Å². The van der Waals surface area contributed by atoms with Gasteiger partial charge in [-0.3, -0.25) is 14.9 Å². The summed E-state index contributed by atoms with van der Waals surface area (Å²) in [6, 6.07) is 7.37. The van der Waals surface area contributed by atoms with Crippen molar-refractivity contribution in [3.05, 3.63) is 24.3 Å². The number of ether oxygens (including phenoxy) is 1. The Morgan fingerprint density at radius 3 is 3.00 bits per heavy atom. The Kier molecular flexibility index (Phi) is 5.77. The first-order valence-corrected chi connectivity index (χ1v) is 7.57. The van der Waals surface area contributed by atoms with Gasteiger partial charge in [-0.25, -0.2) is 0 Å². The number of anilines is 1. The van der Waals surface area contributed by atoms with Crippen molar-refractivity contribution in [2.24, 2.45) is 0 Å². The SMILES string of the molecule is CCCC1CC(=O)N(CC(=O)Nc2cccc(OC)c2)CN1. The molecule has 6 heteroatoms. The third kappa shape index (κ3) is 4.46. The highest BCUT2D eigenvalue weighted by Crippen LogP contribution is 2.17. The van der Waals surface area contributed by atoms with E-state index in [1.165, 1.54) is 0 Å². The van der Waals surface area contributed by atoms with Gasteiger partial charge in [0.1, 0.15) is 12.3 Å². The zero-order valence-electron chi connectivity index (χ0n) is 13.1. The van der Waals surface area contributed by atoms with Crippen LogP contribution in [0.2, 0.25) is 0 Å². The molecule has 0 aliphatic carbocycles. The van der Waals surface area contributed by atoms with Crippen LogP contribution in [0.4, 0.5) is 5.69 Å². The minimum Gasteiger partial charge on any atom is -0.497 e. The minimum absolute atomic E-state index is 0.0259. The molecule has 1 aromatic rings. The van der Waals surface area contributed by atoms with Crippen LogP contribution in [0.3, 0.4) is 0 Å². The van der Waals surface area contributed by atoms with Gasteiger partial charge in [-0.1, -0.05) is 19.4 Å². The van der Waals surface area contributed by atoms with Crippen LogP contribution >= 0.6 is 0 Å². The number of nitrogens with one attached hydrogen (secondary N) is 2. The van der Waals surface area contributed by atoms with Gasteiger partial charge in [-0.15, -0.1) is 0 Å². The Labute approximate surface area is 130 Å². The molecule has 1 aliphatic heterocycles. The molecular weight excluding hydrogens is 282 g/mol. The maximum absolute atomic E-state index is 12.1. The molecule has 0 bridgehead atoms. The van der Waals surface area contributed by atoms with Crippen molar-refractivity contribution >= 4 is 17.5 Å². The summed E-state index contributed by atoms with van der Waals surface area (Å²) in [5.41, 5.74) is 0.658. The van der Waals surface area contributed by atoms with Crippen LogP contribution in [0.15, 0.2) is 24.3 Å². The molecule has 1 aliphatic rings. The number of nitrogens with zero attached hydrogens (tertiary/aromatic N) is 1. The van der Waals surface area contributed by atoms with Crippen LogP contribution in [-0.2, 0) is 9.59 Å². The maximum atomic E-state index is 12.1. The fourth-order valence-electron chi connectivity index (χ4n) is 2.51. The van der Waals surface area contributed by atoms with Gasteiger partial charge in [-0.2, -0.15) is 0 Å². The number of hydrogen-bond donors (Lipinski definition) is 2. The summed E-state index contributed by atoms with van der Waals surface area (Å²) in [7, 11) is 1.58. The van der Waals surface area contributed by atoms with E-state index in [2.05, 4.69) is 17.6 Å². The Bertz CT molecular complexity index is 533. The predicted molar refractivity (Wildman–Crippen MR) is 84.7 cm³/mol. The molecule has 2 N–H and O–H groups in total. The zero-order chi connectivity index (χ0) is 15.9. The van der Waals surface area contributed by atoms with Crippen LogP contribution in [0.5, 0.6) is 5.75 Å². The van der Waals surface area contributed by atoms with Crippen molar-refractivity contribution in [2.45, 2.75) is 32.2 Å². The van der Waals surface area contributed by atoms with Crippen LogP contribution < -0.4 is 15.4 Å². The normalized spacial score (nSPS) is 18.2. The van der Waals surface area contributed by atoms with E-state index in [1.54, 1.807) is 30.2 Å². The van der Waals surface area contributed by atoms with Gasteiger partial charge in [0, 0.05) is 24.2 Å².